The maximum atomic E-state index is 12.6. The van der Waals surface area contributed by atoms with E-state index in [1.807, 2.05) is 54.6 Å². The van der Waals surface area contributed by atoms with Gasteiger partial charge in [-0.3, -0.25) is 14.2 Å². The number of carbonyl (C=O) groups excluding carboxylic acids is 2. The molecule has 28 heavy (non-hydrogen) atoms. The van der Waals surface area contributed by atoms with Crippen LogP contribution >= 0.6 is 22.6 Å². The average Bonchev–Trinajstić information content (AvgIpc) is 3.13. The molecule has 0 aliphatic heterocycles. The van der Waals surface area contributed by atoms with E-state index < -0.39 is 5.97 Å². The molecule has 0 spiro atoms. The Morgan fingerprint density at radius 1 is 0.929 bits per heavy atom. The van der Waals surface area contributed by atoms with Crippen molar-refractivity contribution in [2.75, 3.05) is 14.1 Å². The van der Waals surface area contributed by atoms with Crippen molar-refractivity contribution < 1.29 is 19.4 Å². The molecule has 1 heterocycles. The molecule has 0 fully saturated rings. The van der Waals surface area contributed by atoms with Crippen LogP contribution in [-0.4, -0.2) is 35.4 Å². The summed E-state index contributed by atoms with van der Waals surface area (Å²) < 4.78 is 2.62. The van der Waals surface area contributed by atoms with E-state index in [4.69, 9.17) is 9.78 Å². The maximum Gasteiger partial charge on any atom is 0.389 e. The number of hydrogen-bond donors (Lipinski definition) is 0. The molecule has 0 aliphatic rings. The summed E-state index contributed by atoms with van der Waals surface area (Å²) in [5.41, 5.74) is 2.14. The summed E-state index contributed by atoms with van der Waals surface area (Å²) in [5, 5.41) is 0. The van der Waals surface area contributed by atoms with Crippen LogP contribution in [-0.2, 0) is 16.4 Å². The van der Waals surface area contributed by atoms with Gasteiger partial charge in [0.15, 0.2) is 0 Å². The molecule has 7 heteroatoms. The fraction of sp³-hybridized carbons (Fsp3) is 0.143. The lowest BCUT2D eigenvalue weighted by atomic mass is 10.2. The van der Waals surface area contributed by atoms with E-state index in [2.05, 4.69) is 22.6 Å². The van der Waals surface area contributed by atoms with Gasteiger partial charge in [0, 0.05) is 23.4 Å². The van der Waals surface area contributed by atoms with Crippen LogP contribution in [0.2, 0.25) is 0 Å². The van der Waals surface area contributed by atoms with Crippen molar-refractivity contribution in [3.8, 4) is 5.69 Å². The van der Waals surface area contributed by atoms with E-state index in [1.54, 1.807) is 30.8 Å². The van der Waals surface area contributed by atoms with E-state index in [0.717, 1.165) is 9.13 Å². The zero-order chi connectivity index (χ0) is 20.1. The van der Waals surface area contributed by atoms with E-state index in [1.165, 1.54) is 4.90 Å². The molecule has 3 rings (SSSR count). The summed E-state index contributed by atoms with van der Waals surface area (Å²) in [4.78, 5) is 36.7. The van der Waals surface area contributed by atoms with Gasteiger partial charge in [-0.2, -0.15) is 4.89 Å². The molecule has 0 saturated carbocycles. The lowest BCUT2D eigenvalue weighted by molar-refractivity contribution is -0.251. The predicted molar refractivity (Wildman–Crippen MR) is 113 cm³/mol. The Kier molecular flexibility index (Phi) is 6.48. The molecule has 1 aromatic heterocycles. The van der Waals surface area contributed by atoms with Gasteiger partial charge in [-0.15, -0.1) is 0 Å². The van der Waals surface area contributed by atoms with Gasteiger partial charge in [-0.25, -0.2) is 4.79 Å². The van der Waals surface area contributed by atoms with Crippen molar-refractivity contribution in [1.82, 2.24) is 9.47 Å². The largest absolute Gasteiger partial charge is 0.389 e. The van der Waals surface area contributed by atoms with Crippen molar-refractivity contribution in [3.63, 3.8) is 0 Å². The second-order valence-electron chi connectivity index (χ2n) is 6.23. The molecule has 0 bridgehead atoms. The number of aromatic nitrogens is 1. The first-order valence-electron chi connectivity index (χ1n) is 8.54. The Balaban J connectivity index is 1.86. The van der Waals surface area contributed by atoms with Crippen LogP contribution in [0.3, 0.4) is 0 Å². The summed E-state index contributed by atoms with van der Waals surface area (Å²) in [6.45, 7) is 0.139. The maximum absolute atomic E-state index is 12.6. The van der Waals surface area contributed by atoms with Gasteiger partial charge in [0.2, 0.25) is 0 Å². The van der Waals surface area contributed by atoms with Crippen LogP contribution in [0.1, 0.15) is 26.5 Å². The fourth-order valence-corrected chi connectivity index (χ4v) is 2.99. The second kappa shape index (κ2) is 9.03. The van der Waals surface area contributed by atoms with Crippen molar-refractivity contribution in [2.24, 2.45) is 0 Å². The van der Waals surface area contributed by atoms with E-state index in [0.29, 0.717) is 11.4 Å². The van der Waals surface area contributed by atoms with Gasteiger partial charge >= 0.3 is 5.97 Å². The number of hydrogen-bond acceptors (Lipinski definition) is 4. The van der Waals surface area contributed by atoms with E-state index in [9.17, 15) is 9.59 Å². The van der Waals surface area contributed by atoms with Crippen LogP contribution in [0.4, 0.5) is 0 Å². The van der Waals surface area contributed by atoms with Gasteiger partial charge in [-0.05, 0) is 64.6 Å². The Hall–Kier alpha value is -2.65. The van der Waals surface area contributed by atoms with Crippen LogP contribution in [0.25, 0.3) is 5.69 Å². The molecule has 6 nitrogen and oxygen atoms in total. The van der Waals surface area contributed by atoms with Crippen LogP contribution < -0.4 is 0 Å². The highest BCUT2D eigenvalue weighted by atomic mass is 127. The number of rotatable bonds is 6. The van der Waals surface area contributed by atoms with E-state index >= 15 is 0 Å². The molecule has 2 aromatic carbocycles. The average molecular weight is 490 g/mol. The number of nitrogens with zero attached hydrogens (tertiary/aromatic N) is 2. The molecule has 1 amide bonds. The summed E-state index contributed by atoms with van der Waals surface area (Å²) in [5.74, 6) is -0.893. The molecule has 144 valence electrons. The third-order valence-corrected chi connectivity index (χ3v) is 4.72. The lowest BCUT2D eigenvalue weighted by Crippen LogP contribution is -2.25. The molecule has 0 N–H and O–H groups in total. The SMILES string of the molecule is CN(C)C(=O)c1ccc(C(=O)OOCc2ccccc2)n1-c1ccc(I)cc1. The molecule has 0 radical (unpaired) electrons. The molecular weight excluding hydrogens is 471 g/mol. The molecule has 3 aromatic rings. The Morgan fingerprint density at radius 3 is 2.21 bits per heavy atom. The number of carbonyl (C=O) groups is 2. The second-order valence-corrected chi connectivity index (χ2v) is 7.48. The Bertz CT molecular complexity index is 966. The van der Waals surface area contributed by atoms with Crippen molar-refractivity contribution in [2.45, 2.75) is 6.61 Å². The minimum Gasteiger partial charge on any atom is -0.343 e. The van der Waals surface area contributed by atoms with Gasteiger partial charge < -0.3 is 4.90 Å². The number of amides is 1. The highest BCUT2D eigenvalue weighted by Crippen LogP contribution is 2.21. The topological polar surface area (TPSA) is 60.8 Å². The molecule has 0 unspecified atom stereocenters. The van der Waals surface area contributed by atoms with Crippen LogP contribution in [0.15, 0.2) is 66.7 Å². The zero-order valence-corrected chi connectivity index (χ0v) is 17.6. The van der Waals surface area contributed by atoms with Crippen molar-refractivity contribution in [1.29, 1.82) is 0 Å². The van der Waals surface area contributed by atoms with Crippen LogP contribution in [0, 0.1) is 3.57 Å². The highest BCUT2D eigenvalue weighted by Gasteiger charge is 2.23. The first-order valence-corrected chi connectivity index (χ1v) is 9.62. The van der Waals surface area contributed by atoms with Gasteiger partial charge in [0.1, 0.15) is 18.0 Å². The molecule has 0 saturated heterocycles. The first-order chi connectivity index (χ1) is 13.5. The van der Waals surface area contributed by atoms with Crippen molar-refractivity contribution >= 4 is 34.5 Å². The van der Waals surface area contributed by atoms with Gasteiger partial charge in [0.25, 0.3) is 5.91 Å². The Morgan fingerprint density at radius 2 is 1.57 bits per heavy atom. The summed E-state index contributed by atoms with van der Waals surface area (Å²) in [6.07, 6.45) is 0. The fourth-order valence-electron chi connectivity index (χ4n) is 2.63. The number of halogens is 1. The predicted octanol–water partition coefficient (Wildman–Crippen LogP) is 4.07. The molecule has 0 aliphatic carbocycles. The third-order valence-electron chi connectivity index (χ3n) is 4.00. The zero-order valence-electron chi connectivity index (χ0n) is 15.5. The lowest BCUT2D eigenvalue weighted by Gasteiger charge is -2.15. The third kappa shape index (κ3) is 4.60. The molecule has 0 atom stereocenters. The summed E-state index contributed by atoms with van der Waals surface area (Å²) in [6, 6.07) is 20.0. The number of benzene rings is 2. The van der Waals surface area contributed by atoms with Gasteiger partial charge in [-0.1, -0.05) is 30.3 Å². The first kappa shape index (κ1) is 20.1. The van der Waals surface area contributed by atoms with Crippen LogP contribution in [0.5, 0.6) is 0 Å². The molecular formula is C21H19IN2O4. The minimum atomic E-state index is -0.674. The highest BCUT2D eigenvalue weighted by molar-refractivity contribution is 14.1. The summed E-state index contributed by atoms with van der Waals surface area (Å²) >= 11 is 2.20. The monoisotopic (exact) mass is 490 g/mol. The standard InChI is InChI=1S/C21H19IN2O4/c1-23(2)20(25)18-12-13-19(24(18)17-10-8-16(22)9-11-17)21(26)28-27-14-15-6-4-3-5-7-15/h3-13H,14H2,1-2H3. The quantitative estimate of drug-likeness (QED) is 0.297. The smallest absolute Gasteiger partial charge is 0.343 e. The van der Waals surface area contributed by atoms with Gasteiger partial charge in [0.05, 0.1) is 0 Å². The Labute approximate surface area is 176 Å². The normalized spacial score (nSPS) is 10.5. The van der Waals surface area contributed by atoms with E-state index in [-0.39, 0.29) is 18.2 Å². The summed E-state index contributed by atoms with van der Waals surface area (Å²) in [7, 11) is 3.32. The van der Waals surface area contributed by atoms with Crippen molar-refractivity contribution in [3.05, 3.63) is 87.3 Å². The minimum absolute atomic E-state index is 0.139.